The van der Waals surface area contributed by atoms with E-state index in [0.29, 0.717) is 0 Å². The molecule has 16 heavy (non-hydrogen) atoms. The van der Waals surface area contributed by atoms with E-state index in [0.717, 1.165) is 16.5 Å². The second kappa shape index (κ2) is 3.75. The first kappa shape index (κ1) is 10.1. The molecule has 0 atom stereocenters. The highest BCUT2D eigenvalue weighted by Gasteiger charge is 2.27. The van der Waals surface area contributed by atoms with Crippen LogP contribution in [0.2, 0.25) is 0 Å². The van der Waals surface area contributed by atoms with Crippen molar-refractivity contribution in [1.82, 2.24) is 0 Å². The van der Waals surface area contributed by atoms with Gasteiger partial charge in [0, 0.05) is 4.47 Å². The predicted molar refractivity (Wildman–Crippen MR) is 67.9 cm³/mol. The lowest BCUT2D eigenvalue weighted by atomic mass is 9.92. The molecule has 0 saturated heterocycles. The van der Waals surface area contributed by atoms with Crippen molar-refractivity contribution in [3.63, 3.8) is 0 Å². The number of nitriles is 1. The Balaban J connectivity index is 2.22. The van der Waals surface area contributed by atoms with Crippen molar-refractivity contribution in [1.29, 1.82) is 5.26 Å². The van der Waals surface area contributed by atoms with Gasteiger partial charge < -0.3 is 0 Å². The first-order valence-corrected chi connectivity index (χ1v) is 6.53. The van der Waals surface area contributed by atoms with Crippen LogP contribution in [-0.2, 0) is 6.42 Å². The second-order valence-corrected chi connectivity index (χ2v) is 5.38. The summed E-state index contributed by atoms with van der Waals surface area (Å²) in [5.74, 6) is 0. The van der Waals surface area contributed by atoms with Gasteiger partial charge in [0.15, 0.2) is 0 Å². The third-order valence-electron chi connectivity index (χ3n) is 3.66. The Labute approximate surface area is 104 Å². The number of fused-ring (bicyclic) bond motifs is 2. The van der Waals surface area contributed by atoms with Crippen molar-refractivity contribution in [3.8, 4) is 6.07 Å². The first-order chi connectivity index (χ1) is 7.81. The number of nitrogens with zero attached hydrogens (tertiary/aromatic N) is 1. The molecule has 0 N–H and O–H groups in total. The van der Waals surface area contributed by atoms with Gasteiger partial charge >= 0.3 is 0 Å². The van der Waals surface area contributed by atoms with E-state index in [4.69, 9.17) is 5.26 Å². The number of rotatable bonds is 0. The molecule has 0 amide bonds. The van der Waals surface area contributed by atoms with Gasteiger partial charge in [-0.05, 0) is 60.9 Å². The molecule has 2 heteroatoms. The Morgan fingerprint density at radius 1 is 1.19 bits per heavy atom. The van der Waals surface area contributed by atoms with Crippen LogP contribution in [0.15, 0.2) is 22.2 Å². The Hall–Kier alpha value is -1.07. The molecule has 0 aromatic heterocycles. The zero-order valence-corrected chi connectivity index (χ0v) is 10.6. The average molecular weight is 274 g/mol. The van der Waals surface area contributed by atoms with E-state index in [2.05, 4.69) is 22.0 Å². The fourth-order valence-corrected chi connectivity index (χ4v) is 3.52. The van der Waals surface area contributed by atoms with Gasteiger partial charge in [-0.3, -0.25) is 0 Å². The van der Waals surface area contributed by atoms with Gasteiger partial charge in [-0.1, -0.05) is 21.5 Å². The third kappa shape index (κ3) is 1.35. The molecule has 1 nitrogen and oxygen atoms in total. The quantitative estimate of drug-likeness (QED) is 0.695. The molecule has 0 aliphatic heterocycles. The molecule has 0 heterocycles. The van der Waals surface area contributed by atoms with Crippen LogP contribution >= 0.6 is 15.9 Å². The van der Waals surface area contributed by atoms with Crippen molar-refractivity contribution in [2.24, 2.45) is 0 Å². The first-order valence-electron chi connectivity index (χ1n) is 5.74. The average Bonchev–Trinajstić information content (AvgIpc) is 2.69. The molecule has 80 valence electrons. The summed E-state index contributed by atoms with van der Waals surface area (Å²) in [7, 11) is 0. The van der Waals surface area contributed by atoms with Gasteiger partial charge in [0.2, 0.25) is 0 Å². The van der Waals surface area contributed by atoms with Crippen LogP contribution < -0.4 is 0 Å². The van der Waals surface area contributed by atoms with Gasteiger partial charge in [-0.15, -0.1) is 0 Å². The highest BCUT2D eigenvalue weighted by atomic mass is 79.9. The van der Waals surface area contributed by atoms with Crippen LogP contribution in [0.25, 0.3) is 5.57 Å². The Morgan fingerprint density at radius 2 is 2.00 bits per heavy atom. The predicted octanol–water partition coefficient (Wildman–Crippen LogP) is 4.20. The molecule has 1 aromatic rings. The number of halogens is 1. The van der Waals surface area contributed by atoms with Gasteiger partial charge in [-0.2, -0.15) is 5.26 Å². The van der Waals surface area contributed by atoms with Crippen molar-refractivity contribution < 1.29 is 0 Å². The van der Waals surface area contributed by atoms with Gasteiger partial charge in [0.05, 0.1) is 11.6 Å². The molecule has 2 aliphatic carbocycles. The van der Waals surface area contributed by atoms with Gasteiger partial charge in [0.25, 0.3) is 0 Å². The van der Waals surface area contributed by atoms with Crippen LogP contribution in [0.1, 0.15) is 42.4 Å². The van der Waals surface area contributed by atoms with Crippen molar-refractivity contribution in [3.05, 3.63) is 38.9 Å². The molecule has 2 aliphatic rings. The van der Waals surface area contributed by atoms with E-state index in [1.807, 2.05) is 12.1 Å². The number of hydrogen-bond donors (Lipinski definition) is 0. The Morgan fingerprint density at radius 3 is 2.81 bits per heavy atom. The standard InChI is InChI=1S/C14H12BrN/c15-13-6-5-10(8-16)12-7-9-3-1-2-4-11(9)14(12)13/h5-6H,1-4,7H2. The Bertz CT molecular complexity index is 534. The summed E-state index contributed by atoms with van der Waals surface area (Å²) in [4.78, 5) is 0. The molecule has 0 radical (unpaired) electrons. The minimum atomic E-state index is 0.854. The van der Waals surface area contributed by atoms with E-state index in [-0.39, 0.29) is 0 Å². The monoisotopic (exact) mass is 273 g/mol. The summed E-state index contributed by atoms with van der Waals surface area (Å²) in [5.41, 5.74) is 6.53. The normalized spacial score (nSPS) is 18.0. The van der Waals surface area contributed by atoms with E-state index >= 15 is 0 Å². The lowest BCUT2D eigenvalue weighted by molar-refractivity contribution is 0.711. The summed E-state index contributed by atoms with van der Waals surface area (Å²) in [5, 5.41) is 9.14. The maximum absolute atomic E-state index is 9.14. The minimum absolute atomic E-state index is 0.854. The molecule has 0 saturated carbocycles. The summed E-state index contributed by atoms with van der Waals surface area (Å²) in [6, 6.07) is 6.26. The molecular formula is C14H12BrN. The van der Waals surface area contributed by atoms with Crippen LogP contribution in [-0.4, -0.2) is 0 Å². The summed E-state index contributed by atoms with van der Waals surface area (Å²) in [6.45, 7) is 0. The van der Waals surface area contributed by atoms with E-state index < -0.39 is 0 Å². The minimum Gasteiger partial charge on any atom is -0.192 e. The summed E-state index contributed by atoms with van der Waals surface area (Å²) >= 11 is 3.63. The lowest BCUT2D eigenvalue weighted by Gasteiger charge is -2.14. The van der Waals surface area contributed by atoms with Crippen LogP contribution in [0.5, 0.6) is 0 Å². The van der Waals surface area contributed by atoms with Crippen LogP contribution in [0.3, 0.4) is 0 Å². The van der Waals surface area contributed by atoms with Crippen molar-refractivity contribution in [2.75, 3.05) is 0 Å². The fourth-order valence-electron chi connectivity index (χ4n) is 2.91. The number of benzene rings is 1. The lowest BCUT2D eigenvalue weighted by Crippen LogP contribution is -1.94. The number of hydrogen-bond acceptors (Lipinski definition) is 1. The molecule has 0 spiro atoms. The van der Waals surface area contributed by atoms with Crippen molar-refractivity contribution >= 4 is 21.5 Å². The van der Waals surface area contributed by atoms with Crippen molar-refractivity contribution in [2.45, 2.75) is 32.1 Å². The molecule has 0 fully saturated rings. The van der Waals surface area contributed by atoms with Gasteiger partial charge in [-0.25, -0.2) is 0 Å². The molecule has 1 aromatic carbocycles. The summed E-state index contributed by atoms with van der Waals surface area (Å²) < 4.78 is 1.16. The maximum Gasteiger partial charge on any atom is 0.0994 e. The zero-order valence-electron chi connectivity index (χ0n) is 9.02. The topological polar surface area (TPSA) is 23.8 Å². The SMILES string of the molecule is N#Cc1ccc(Br)c2c1CC1=C2CCCC1. The molecule has 0 unspecified atom stereocenters. The van der Waals surface area contributed by atoms with E-state index in [1.165, 1.54) is 42.4 Å². The molecule has 0 bridgehead atoms. The second-order valence-electron chi connectivity index (χ2n) is 4.53. The molecular weight excluding hydrogens is 262 g/mol. The third-order valence-corrected chi connectivity index (χ3v) is 4.32. The fraction of sp³-hybridized carbons (Fsp3) is 0.357. The van der Waals surface area contributed by atoms with Crippen LogP contribution in [0, 0.1) is 11.3 Å². The maximum atomic E-state index is 9.14. The summed E-state index contributed by atoms with van der Waals surface area (Å²) in [6.07, 6.45) is 6.03. The largest absolute Gasteiger partial charge is 0.192 e. The zero-order chi connectivity index (χ0) is 11.1. The van der Waals surface area contributed by atoms with E-state index in [1.54, 1.807) is 5.57 Å². The highest BCUT2D eigenvalue weighted by molar-refractivity contribution is 9.10. The smallest absolute Gasteiger partial charge is 0.0994 e. The molecule has 3 rings (SSSR count). The highest BCUT2D eigenvalue weighted by Crippen LogP contribution is 2.45. The van der Waals surface area contributed by atoms with E-state index in [9.17, 15) is 0 Å². The van der Waals surface area contributed by atoms with Gasteiger partial charge in [0.1, 0.15) is 0 Å². The van der Waals surface area contributed by atoms with Crippen LogP contribution in [0.4, 0.5) is 0 Å². The Kier molecular flexibility index (Phi) is 2.37. The number of allylic oxidation sites excluding steroid dienone is 2.